The quantitative estimate of drug-likeness (QED) is 0.655. The fourth-order valence-electron chi connectivity index (χ4n) is 0.584. The standard InChI is InChI=1S/C3H6ClN2O4P/c4-11(5,8)10-6-1-2-9-3(6)7/h1-2H2,(H2,5,8). The third-order valence-electron chi connectivity index (χ3n) is 0.930. The predicted molar refractivity (Wildman–Crippen MR) is 36.9 cm³/mol. The van der Waals surface area contributed by atoms with Crippen molar-refractivity contribution < 1.29 is 19.0 Å². The van der Waals surface area contributed by atoms with E-state index in [9.17, 15) is 4.79 Å². The molecule has 0 radical (unpaired) electrons. The normalized spacial score (nSPS) is 23.1. The Morgan fingerprint density at radius 3 is 2.91 bits per heavy atom. The highest BCUT2D eigenvalue weighted by molar-refractivity contribution is 7.81. The molecule has 2 N–H and O–H groups in total. The van der Waals surface area contributed by atoms with Crippen molar-refractivity contribution >= 4 is 24.2 Å². The average Bonchev–Trinajstić information content (AvgIpc) is 2.12. The molecule has 1 aliphatic rings. The number of carbonyl (C=O) groups excluding carboxylic acids is 1. The van der Waals surface area contributed by atoms with Gasteiger partial charge in [-0.15, -0.1) is 0 Å². The topological polar surface area (TPSA) is 82.8 Å². The third-order valence-corrected chi connectivity index (χ3v) is 1.53. The van der Waals surface area contributed by atoms with Crippen LogP contribution in [0, 0.1) is 5.16 Å². The van der Waals surface area contributed by atoms with E-state index in [-0.39, 0.29) is 13.2 Å². The molecule has 1 aliphatic heterocycles. The van der Waals surface area contributed by atoms with Gasteiger partial charge in [0.15, 0.2) is 0 Å². The number of hydrogen-bond acceptors (Lipinski definition) is 4. The number of amides is 1. The van der Waals surface area contributed by atoms with Crippen LogP contribution in [-0.2, 0) is 9.36 Å². The fourth-order valence-corrected chi connectivity index (χ4v) is 1.22. The number of cyclic esters (lactones) is 1. The van der Waals surface area contributed by atoms with Crippen molar-refractivity contribution in [2.75, 3.05) is 13.2 Å². The van der Waals surface area contributed by atoms with E-state index in [0.717, 1.165) is 5.06 Å². The van der Waals surface area contributed by atoms with Gasteiger partial charge in [-0.05, 0) is 11.2 Å². The van der Waals surface area contributed by atoms with Crippen molar-refractivity contribution in [3.63, 3.8) is 0 Å². The number of rotatable bonds is 2. The summed E-state index contributed by atoms with van der Waals surface area (Å²) in [6.45, 7) is -3.28. The lowest BCUT2D eigenvalue weighted by molar-refractivity contribution is 0.000509. The average molecular weight is 201 g/mol. The molecule has 64 valence electrons. The van der Waals surface area contributed by atoms with Gasteiger partial charge < -0.3 is 9.63 Å². The summed E-state index contributed by atoms with van der Waals surface area (Å²) in [7, 11) is 0. The van der Waals surface area contributed by atoms with Crippen molar-refractivity contribution in [1.82, 2.24) is 5.06 Å². The molecule has 1 unspecified atom stereocenters. The van der Waals surface area contributed by atoms with Gasteiger partial charge >= 0.3 is 13.0 Å². The van der Waals surface area contributed by atoms with Crippen LogP contribution in [-0.4, -0.2) is 29.2 Å². The van der Waals surface area contributed by atoms with E-state index in [2.05, 4.69) is 9.36 Å². The summed E-state index contributed by atoms with van der Waals surface area (Å²) in [6.07, 6.45) is -0.726. The molecule has 0 aromatic carbocycles. The van der Waals surface area contributed by atoms with Crippen LogP contribution in [0.3, 0.4) is 0 Å². The zero-order valence-corrected chi connectivity index (χ0v) is 7.01. The van der Waals surface area contributed by atoms with E-state index in [1.807, 2.05) is 0 Å². The molecule has 6 nitrogen and oxygen atoms in total. The summed E-state index contributed by atoms with van der Waals surface area (Å²) in [5.74, 6) is 0. The lowest BCUT2D eigenvalue weighted by Gasteiger charge is -2.13. The van der Waals surface area contributed by atoms with Gasteiger partial charge in [-0.25, -0.2) is 4.79 Å². The summed E-state index contributed by atoms with van der Waals surface area (Å²) in [4.78, 5) is 19.3. The lowest BCUT2D eigenvalue weighted by atomic mass is 10.7. The second-order valence-corrected chi connectivity index (χ2v) is 4.34. The molecule has 1 heterocycles. The van der Waals surface area contributed by atoms with E-state index >= 15 is 0 Å². The van der Waals surface area contributed by atoms with Crippen LogP contribution in [0.2, 0.25) is 0 Å². The molecule has 0 bridgehead atoms. The summed E-state index contributed by atoms with van der Waals surface area (Å²) in [5, 5.41) is 7.48. The maximum atomic E-state index is 10.6. The molecule has 8 heteroatoms. The Balaban J connectivity index is 2.50. The number of nitrogens with one attached hydrogen (secondary N) is 1. The molecule has 0 aromatic rings. The van der Waals surface area contributed by atoms with Gasteiger partial charge in [0.05, 0.1) is 6.54 Å². The first-order chi connectivity index (χ1) is 4.99. The van der Waals surface area contributed by atoms with Gasteiger partial charge in [0, 0.05) is 0 Å². The summed E-state index contributed by atoms with van der Waals surface area (Å²) >= 11 is 5.04. The Bertz CT molecular complexity index is 215. The Morgan fingerprint density at radius 1 is 1.91 bits per heavy atom. The molecule has 1 saturated heterocycles. The minimum Gasteiger partial charge on any atom is -0.446 e. The minimum atomic E-state index is -3.65. The monoisotopic (exact) mass is 200 g/mol. The Labute approximate surface area is 67.4 Å². The van der Waals surface area contributed by atoms with Crippen molar-refractivity contribution in [3.05, 3.63) is 0 Å². The van der Waals surface area contributed by atoms with Gasteiger partial charge in [-0.3, -0.25) is 5.16 Å². The number of hydrogen-bond donors (Lipinski definition) is 2. The van der Waals surface area contributed by atoms with E-state index in [4.69, 9.17) is 21.3 Å². The summed E-state index contributed by atoms with van der Waals surface area (Å²) in [6, 6.07) is 0. The maximum absolute atomic E-state index is 10.6. The van der Waals surface area contributed by atoms with Crippen LogP contribution >= 0.6 is 18.1 Å². The predicted octanol–water partition coefficient (Wildman–Crippen LogP) is 1.13. The molecule has 1 atom stereocenters. The molecule has 1 amide bonds. The SMILES string of the molecule is N=P(O)(Cl)ON1CCOC1=O. The van der Waals surface area contributed by atoms with Gasteiger partial charge in [0.1, 0.15) is 6.61 Å². The Hall–Kier alpha value is -0.290. The van der Waals surface area contributed by atoms with Crippen LogP contribution in [0.4, 0.5) is 4.79 Å². The zero-order valence-electron chi connectivity index (χ0n) is 5.36. The van der Waals surface area contributed by atoms with Crippen LogP contribution in [0.1, 0.15) is 0 Å². The molecule has 0 aliphatic carbocycles. The second-order valence-electron chi connectivity index (χ2n) is 1.80. The van der Waals surface area contributed by atoms with Crippen molar-refractivity contribution in [3.8, 4) is 0 Å². The van der Waals surface area contributed by atoms with Gasteiger partial charge in [-0.1, -0.05) is 0 Å². The van der Waals surface area contributed by atoms with Crippen LogP contribution in [0.25, 0.3) is 0 Å². The first kappa shape index (κ1) is 8.80. The number of carbonyl (C=O) groups is 1. The fraction of sp³-hybridized carbons (Fsp3) is 0.667. The summed E-state index contributed by atoms with van der Waals surface area (Å²) < 4.78 is 8.81. The van der Waals surface area contributed by atoms with E-state index < -0.39 is 13.0 Å². The number of hydroxylamine groups is 2. The molecule has 1 rings (SSSR count). The van der Waals surface area contributed by atoms with E-state index in [1.54, 1.807) is 0 Å². The van der Waals surface area contributed by atoms with Crippen molar-refractivity contribution in [2.45, 2.75) is 0 Å². The molecule has 0 spiro atoms. The van der Waals surface area contributed by atoms with Crippen LogP contribution in [0.5, 0.6) is 0 Å². The van der Waals surface area contributed by atoms with E-state index in [1.165, 1.54) is 0 Å². The molecule has 1 fully saturated rings. The van der Waals surface area contributed by atoms with Gasteiger partial charge in [0.2, 0.25) is 0 Å². The highest BCUT2D eigenvalue weighted by Gasteiger charge is 2.27. The van der Waals surface area contributed by atoms with Crippen molar-refractivity contribution in [1.29, 1.82) is 5.16 Å². The third kappa shape index (κ3) is 2.67. The largest absolute Gasteiger partial charge is 0.446 e. The first-order valence-electron chi connectivity index (χ1n) is 2.69. The first-order valence-corrected chi connectivity index (χ1v) is 5.26. The maximum Gasteiger partial charge on any atom is 0.434 e. The molecule has 11 heavy (non-hydrogen) atoms. The molecule has 0 saturated carbocycles. The number of nitrogens with zero attached hydrogens (tertiary/aromatic N) is 1. The smallest absolute Gasteiger partial charge is 0.434 e. The molecular weight excluding hydrogens is 194 g/mol. The summed E-state index contributed by atoms with van der Waals surface area (Å²) in [5.41, 5.74) is 0. The lowest BCUT2D eigenvalue weighted by Crippen LogP contribution is -2.22. The van der Waals surface area contributed by atoms with Gasteiger partial charge in [-0.2, -0.15) is 9.69 Å². The Kier molecular flexibility index (Phi) is 2.39. The van der Waals surface area contributed by atoms with Crippen LogP contribution < -0.4 is 0 Å². The highest BCUT2D eigenvalue weighted by atomic mass is 35.7. The second kappa shape index (κ2) is 2.98. The number of halogens is 1. The zero-order chi connectivity index (χ0) is 8.48. The van der Waals surface area contributed by atoms with Crippen molar-refractivity contribution in [2.24, 2.45) is 0 Å². The molecular formula is C3H6ClN2O4P. The number of ether oxygens (including phenoxy) is 1. The Morgan fingerprint density at radius 2 is 2.55 bits per heavy atom. The van der Waals surface area contributed by atoms with Crippen LogP contribution in [0.15, 0.2) is 0 Å². The highest BCUT2D eigenvalue weighted by Crippen LogP contribution is 2.49. The van der Waals surface area contributed by atoms with E-state index in [0.29, 0.717) is 0 Å². The minimum absolute atomic E-state index is 0.187. The van der Waals surface area contributed by atoms with Gasteiger partial charge in [0.25, 0.3) is 0 Å². The molecule has 0 aromatic heterocycles.